The summed E-state index contributed by atoms with van der Waals surface area (Å²) < 4.78 is 17.5. The molecule has 0 spiro atoms. The summed E-state index contributed by atoms with van der Waals surface area (Å²) in [4.78, 5) is 24.2. The molecule has 2 fully saturated rings. The minimum absolute atomic E-state index is 0.0389. The molecule has 8 atom stereocenters. The number of hydrogen-bond acceptors (Lipinski definition) is 9. The van der Waals surface area contributed by atoms with Gasteiger partial charge in [0.15, 0.2) is 6.29 Å². The highest BCUT2D eigenvalue weighted by atomic mass is 16.7. The van der Waals surface area contributed by atoms with Gasteiger partial charge in [-0.2, -0.15) is 0 Å². The number of likely N-dealkylation sites (N-methyl/N-ethyl adjacent to an activating group) is 2. The fourth-order valence-corrected chi connectivity index (χ4v) is 4.06. The van der Waals surface area contributed by atoms with Gasteiger partial charge in [-0.15, -0.1) is 0 Å². The first-order valence-electron chi connectivity index (χ1n) is 9.94. The standard InChI is InChI=1S/C18H35N5O6/c1-21-7-10-4-5-11(19)18(28-10)29-17-12(20)6-13(27-3)15(16(17)26)23(2)14(25)8-22-9-24/h9-13,15-18,21,26H,4-8,19-20H2,1-3H3,(H,22,24)/t10-,11+,12-,13-,15+,16+,17+,18+/m0/s1. The maximum Gasteiger partial charge on any atom is 0.242 e. The van der Waals surface area contributed by atoms with Crippen molar-refractivity contribution in [2.75, 3.05) is 34.3 Å². The highest BCUT2D eigenvalue weighted by Crippen LogP contribution is 2.30. The first-order chi connectivity index (χ1) is 13.8. The van der Waals surface area contributed by atoms with E-state index in [9.17, 15) is 14.7 Å². The molecule has 1 saturated carbocycles. The third kappa shape index (κ3) is 5.85. The van der Waals surface area contributed by atoms with Crippen LogP contribution in [0.25, 0.3) is 0 Å². The van der Waals surface area contributed by atoms with Crippen molar-refractivity contribution in [2.45, 2.75) is 68.1 Å². The number of nitrogens with two attached hydrogens (primary N) is 2. The van der Waals surface area contributed by atoms with Crippen LogP contribution in [-0.4, -0.2) is 105 Å². The number of amides is 2. The summed E-state index contributed by atoms with van der Waals surface area (Å²) >= 11 is 0. The van der Waals surface area contributed by atoms with Gasteiger partial charge in [-0.3, -0.25) is 9.59 Å². The molecule has 2 amide bonds. The highest BCUT2D eigenvalue weighted by molar-refractivity contribution is 5.80. The monoisotopic (exact) mass is 417 g/mol. The first-order valence-corrected chi connectivity index (χ1v) is 9.94. The summed E-state index contributed by atoms with van der Waals surface area (Å²) in [5.41, 5.74) is 12.4. The van der Waals surface area contributed by atoms with Gasteiger partial charge in [-0.1, -0.05) is 0 Å². The molecule has 1 aliphatic heterocycles. The number of aliphatic hydroxyl groups is 1. The maximum absolute atomic E-state index is 12.4. The average molecular weight is 418 g/mol. The Morgan fingerprint density at radius 3 is 2.69 bits per heavy atom. The molecule has 0 bridgehead atoms. The molecule has 0 aromatic carbocycles. The van der Waals surface area contributed by atoms with Crippen LogP contribution in [0.15, 0.2) is 0 Å². The van der Waals surface area contributed by atoms with E-state index < -0.39 is 36.7 Å². The first kappa shape index (κ1) is 23.9. The van der Waals surface area contributed by atoms with E-state index in [4.69, 9.17) is 25.7 Å². The van der Waals surface area contributed by atoms with E-state index in [2.05, 4.69) is 10.6 Å². The molecule has 7 N–H and O–H groups in total. The normalized spacial score (nSPS) is 37.7. The van der Waals surface area contributed by atoms with E-state index >= 15 is 0 Å². The summed E-state index contributed by atoms with van der Waals surface area (Å²) in [6.07, 6.45) is -0.757. The van der Waals surface area contributed by atoms with Crippen molar-refractivity contribution >= 4 is 12.3 Å². The van der Waals surface area contributed by atoms with Crippen LogP contribution in [0.2, 0.25) is 0 Å². The second-order valence-corrected chi connectivity index (χ2v) is 7.68. The van der Waals surface area contributed by atoms with Gasteiger partial charge in [0.25, 0.3) is 0 Å². The Kier molecular flexibility index (Phi) is 9.21. The quantitative estimate of drug-likeness (QED) is 0.248. The lowest BCUT2D eigenvalue weighted by molar-refractivity contribution is -0.254. The van der Waals surface area contributed by atoms with E-state index in [-0.39, 0.29) is 24.6 Å². The van der Waals surface area contributed by atoms with Gasteiger partial charge >= 0.3 is 0 Å². The minimum Gasteiger partial charge on any atom is -0.388 e. The zero-order chi connectivity index (χ0) is 21.6. The lowest BCUT2D eigenvalue weighted by Crippen LogP contribution is -2.67. The molecule has 11 nitrogen and oxygen atoms in total. The molecule has 2 aliphatic rings. The van der Waals surface area contributed by atoms with Gasteiger partial charge in [0.2, 0.25) is 12.3 Å². The van der Waals surface area contributed by atoms with Crippen molar-refractivity contribution in [3.8, 4) is 0 Å². The van der Waals surface area contributed by atoms with Crippen LogP contribution in [0.4, 0.5) is 0 Å². The molecule has 168 valence electrons. The summed E-state index contributed by atoms with van der Waals surface area (Å²) in [7, 11) is 4.90. The minimum atomic E-state index is -1.12. The van der Waals surface area contributed by atoms with Crippen molar-refractivity contribution in [1.29, 1.82) is 0 Å². The topological polar surface area (TPSA) is 161 Å². The van der Waals surface area contributed by atoms with Gasteiger partial charge < -0.3 is 46.3 Å². The molecule has 2 rings (SSSR count). The second kappa shape index (κ2) is 11.2. The molecule has 1 saturated heterocycles. The summed E-state index contributed by atoms with van der Waals surface area (Å²) in [6.45, 7) is 0.487. The zero-order valence-electron chi connectivity index (χ0n) is 17.3. The van der Waals surface area contributed by atoms with Crippen molar-refractivity contribution in [1.82, 2.24) is 15.5 Å². The van der Waals surface area contributed by atoms with Crippen molar-refractivity contribution in [3.63, 3.8) is 0 Å². The van der Waals surface area contributed by atoms with E-state index in [1.54, 1.807) is 7.05 Å². The number of hydrogen-bond donors (Lipinski definition) is 5. The van der Waals surface area contributed by atoms with E-state index in [1.807, 2.05) is 7.05 Å². The van der Waals surface area contributed by atoms with Crippen LogP contribution in [0.3, 0.4) is 0 Å². The summed E-state index contributed by atoms with van der Waals surface area (Å²) in [6, 6.07) is -1.56. The molecule has 11 heteroatoms. The zero-order valence-corrected chi connectivity index (χ0v) is 17.3. The number of carbonyl (C=O) groups excluding carboxylic acids is 2. The van der Waals surface area contributed by atoms with Crippen molar-refractivity contribution < 1.29 is 28.9 Å². The lowest BCUT2D eigenvalue weighted by Gasteiger charge is -2.48. The number of nitrogens with zero attached hydrogens (tertiary/aromatic N) is 1. The van der Waals surface area contributed by atoms with E-state index in [1.165, 1.54) is 12.0 Å². The van der Waals surface area contributed by atoms with Crippen LogP contribution in [-0.2, 0) is 23.8 Å². The molecule has 1 heterocycles. The fraction of sp³-hybridized carbons (Fsp3) is 0.889. The Balaban J connectivity index is 2.12. The van der Waals surface area contributed by atoms with Gasteiger partial charge in [0.1, 0.15) is 12.2 Å². The predicted octanol–water partition coefficient (Wildman–Crippen LogP) is -2.90. The molecule has 0 unspecified atom stereocenters. The molecule has 0 aromatic rings. The van der Waals surface area contributed by atoms with Gasteiger partial charge in [0, 0.05) is 26.7 Å². The number of methoxy groups -OCH3 is 1. The Morgan fingerprint density at radius 2 is 2.07 bits per heavy atom. The SMILES string of the molecule is CNC[C@@H]1CC[C@@H](N)[C@@H](O[C@H]2[C@H](O)[C@H](N(C)C(=O)CNC=O)[C@@H](OC)C[C@@H]2N)O1. The predicted molar refractivity (Wildman–Crippen MR) is 105 cm³/mol. The van der Waals surface area contributed by atoms with Gasteiger partial charge in [-0.25, -0.2) is 0 Å². The Hall–Kier alpha value is -1.34. The van der Waals surface area contributed by atoms with Crippen LogP contribution in [0.5, 0.6) is 0 Å². The molecule has 0 radical (unpaired) electrons. The third-order valence-corrected chi connectivity index (χ3v) is 5.70. The summed E-state index contributed by atoms with van der Waals surface area (Å²) in [5, 5.41) is 16.5. The van der Waals surface area contributed by atoms with Crippen LogP contribution in [0, 0.1) is 0 Å². The summed E-state index contributed by atoms with van der Waals surface area (Å²) in [5.74, 6) is -0.364. The number of rotatable bonds is 9. The highest BCUT2D eigenvalue weighted by Gasteiger charge is 2.48. The third-order valence-electron chi connectivity index (χ3n) is 5.70. The molecular weight excluding hydrogens is 382 g/mol. The fourth-order valence-electron chi connectivity index (χ4n) is 4.06. The molecular formula is C18H35N5O6. The molecule has 1 aliphatic carbocycles. The second-order valence-electron chi connectivity index (χ2n) is 7.68. The average Bonchev–Trinajstić information content (AvgIpc) is 2.70. The number of ether oxygens (including phenoxy) is 3. The Morgan fingerprint density at radius 1 is 1.34 bits per heavy atom. The van der Waals surface area contributed by atoms with Crippen molar-refractivity contribution in [3.05, 3.63) is 0 Å². The Bertz CT molecular complexity index is 541. The number of nitrogens with one attached hydrogen (secondary N) is 2. The van der Waals surface area contributed by atoms with Crippen LogP contribution >= 0.6 is 0 Å². The van der Waals surface area contributed by atoms with E-state index in [0.717, 1.165) is 12.8 Å². The Labute approximate surface area is 171 Å². The van der Waals surface area contributed by atoms with Crippen LogP contribution in [0.1, 0.15) is 19.3 Å². The van der Waals surface area contributed by atoms with Crippen LogP contribution < -0.4 is 22.1 Å². The number of aliphatic hydroxyl groups excluding tert-OH is 1. The molecule has 0 aromatic heterocycles. The maximum atomic E-state index is 12.4. The smallest absolute Gasteiger partial charge is 0.242 e. The molecule has 29 heavy (non-hydrogen) atoms. The largest absolute Gasteiger partial charge is 0.388 e. The van der Waals surface area contributed by atoms with E-state index in [0.29, 0.717) is 19.4 Å². The van der Waals surface area contributed by atoms with Gasteiger partial charge in [0.05, 0.1) is 30.8 Å². The number of carbonyl (C=O) groups is 2. The van der Waals surface area contributed by atoms with Gasteiger partial charge in [-0.05, 0) is 26.3 Å². The lowest BCUT2D eigenvalue weighted by atomic mass is 9.83. The van der Waals surface area contributed by atoms with Crippen molar-refractivity contribution in [2.24, 2.45) is 11.5 Å².